The molecule has 0 atom stereocenters. The summed E-state index contributed by atoms with van der Waals surface area (Å²) in [7, 11) is 1.70. The van der Waals surface area contributed by atoms with E-state index in [1.807, 2.05) is 10.6 Å². The number of hydrogen-bond donors (Lipinski definition) is 0. The van der Waals surface area contributed by atoms with Crippen molar-refractivity contribution in [1.82, 2.24) is 14.8 Å². The van der Waals surface area contributed by atoms with Gasteiger partial charge in [-0.3, -0.25) is 0 Å². The average molecular weight is 388 g/mol. The molecule has 0 fully saturated rings. The van der Waals surface area contributed by atoms with Crippen LogP contribution in [0.3, 0.4) is 0 Å². The van der Waals surface area contributed by atoms with Crippen molar-refractivity contribution in [3.05, 3.63) is 51.6 Å². The van der Waals surface area contributed by atoms with E-state index in [0.717, 1.165) is 34.6 Å². The lowest BCUT2D eigenvalue weighted by molar-refractivity contribution is 0.189. The Morgan fingerprint density at radius 1 is 1.30 bits per heavy atom. The lowest BCUT2D eigenvalue weighted by atomic mass is 9.95. The second-order valence-electron chi connectivity index (χ2n) is 6.89. The monoisotopic (exact) mass is 387 g/mol. The number of rotatable bonds is 8. The number of benzene rings is 1. The molecular formula is C20H25N3O3S. The number of fused-ring (bicyclic) bond motifs is 1. The third-order valence-electron chi connectivity index (χ3n) is 4.52. The van der Waals surface area contributed by atoms with Crippen LogP contribution in [0.15, 0.2) is 38.9 Å². The highest BCUT2D eigenvalue weighted by Gasteiger charge is 2.13. The Morgan fingerprint density at radius 2 is 2.11 bits per heavy atom. The van der Waals surface area contributed by atoms with Crippen LogP contribution >= 0.6 is 11.8 Å². The van der Waals surface area contributed by atoms with E-state index < -0.39 is 0 Å². The van der Waals surface area contributed by atoms with Crippen LogP contribution in [0, 0.1) is 6.92 Å². The van der Waals surface area contributed by atoms with Crippen molar-refractivity contribution in [1.29, 1.82) is 0 Å². The second kappa shape index (κ2) is 8.71. The van der Waals surface area contributed by atoms with Crippen LogP contribution in [0.4, 0.5) is 0 Å². The molecule has 0 saturated heterocycles. The molecule has 3 aromatic rings. The van der Waals surface area contributed by atoms with Crippen LogP contribution in [0.2, 0.25) is 0 Å². The second-order valence-corrected chi connectivity index (χ2v) is 7.83. The Hall–Kier alpha value is -2.12. The summed E-state index contributed by atoms with van der Waals surface area (Å²) >= 11 is 1.57. The molecule has 2 heterocycles. The molecule has 144 valence electrons. The predicted octanol–water partition coefficient (Wildman–Crippen LogP) is 4.15. The average Bonchev–Trinajstić information content (AvgIpc) is 3.06. The third-order valence-corrected chi connectivity index (χ3v) is 5.55. The van der Waals surface area contributed by atoms with E-state index in [-0.39, 0.29) is 5.63 Å². The van der Waals surface area contributed by atoms with Crippen molar-refractivity contribution in [2.75, 3.05) is 13.7 Å². The minimum atomic E-state index is -0.323. The molecule has 1 aromatic carbocycles. The van der Waals surface area contributed by atoms with E-state index in [0.29, 0.717) is 23.9 Å². The molecule has 0 spiro atoms. The van der Waals surface area contributed by atoms with Crippen molar-refractivity contribution >= 4 is 22.7 Å². The zero-order chi connectivity index (χ0) is 19.4. The Balaban J connectivity index is 1.88. The number of aromatic nitrogens is 3. The van der Waals surface area contributed by atoms with Crippen molar-refractivity contribution in [2.24, 2.45) is 0 Å². The molecule has 3 rings (SSSR count). The van der Waals surface area contributed by atoms with Crippen molar-refractivity contribution in [2.45, 2.75) is 50.6 Å². The van der Waals surface area contributed by atoms with Gasteiger partial charge < -0.3 is 13.7 Å². The molecule has 6 nitrogen and oxygen atoms in total. The van der Waals surface area contributed by atoms with Gasteiger partial charge in [-0.05, 0) is 48.1 Å². The maximum atomic E-state index is 12.0. The fourth-order valence-corrected chi connectivity index (χ4v) is 4.10. The van der Waals surface area contributed by atoms with Crippen LogP contribution in [-0.4, -0.2) is 28.5 Å². The summed E-state index contributed by atoms with van der Waals surface area (Å²) in [6.45, 7) is 7.90. The van der Waals surface area contributed by atoms with Gasteiger partial charge in [0.15, 0.2) is 5.16 Å². The van der Waals surface area contributed by atoms with Gasteiger partial charge in [-0.25, -0.2) is 4.79 Å². The van der Waals surface area contributed by atoms with E-state index in [4.69, 9.17) is 9.15 Å². The van der Waals surface area contributed by atoms with Gasteiger partial charge in [0.2, 0.25) is 0 Å². The van der Waals surface area contributed by atoms with Gasteiger partial charge in [0.1, 0.15) is 11.9 Å². The van der Waals surface area contributed by atoms with E-state index in [1.54, 1.807) is 31.3 Å². The van der Waals surface area contributed by atoms with Gasteiger partial charge in [0.05, 0.1) is 0 Å². The topological polar surface area (TPSA) is 70.2 Å². The number of methoxy groups -OCH3 is 1. The first kappa shape index (κ1) is 19.6. The van der Waals surface area contributed by atoms with E-state index >= 15 is 0 Å². The molecule has 0 saturated carbocycles. The number of hydrogen-bond acceptors (Lipinski definition) is 6. The van der Waals surface area contributed by atoms with Crippen molar-refractivity contribution in [3.8, 4) is 0 Å². The van der Waals surface area contributed by atoms with Crippen LogP contribution < -0.4 is 5.63 Å². The molecule has 0 aliphatic heterocycles. The van der Waals surface area contributed by atoms with Gasteiger partial charge in [-0.15, -0.1) is 10.2 Å². The molecule has 27 heavy (non-hydrogen) atoms. The lowest BCUT2D eigenvalue weighted by Gasteiger charge is -2.13. The maximum Gasteiger partial charge on any atom is 0.336 e. The first-order valence-electron chi connectivity index (χ1n) is 9.06. The smallest absolute Gasteiger partial charge is 0.336 e. The standard InChI is InChI=1S/C20H25N3O3S/c1-13(2)16-10-17-15(9-19(24)26-18(17)8-14(16)3)11-27-20-22-21-12-23(20)6-5-7-25-4/h8-10,12-13H,5-7,11H2,1-4H3. The van der Waals surface area contributed by atoms with E-state index in [1.165, 1.54) is 5.56 Å². The summed E-state index contributed by atoms with van der Waals surface area (Å²) in [5.41, 5.74) is 3.69. The van der Waals surface area contributed by atoms with Gasteiger partial charge in [-0.1, -0.05) is 25.6 Å². The summed E-state index contributed by atoms with van der Waals surface area (Å²) in [5, 5.41) is 10.0. The van der Waals surface area contributed by atoms with Crippen LogP contribution in [0.5, 0.6) is 0 Å². The number of nitrogens with zero attached hydrogens (tertiary/aromatic N) is 3. The van der Waals surface area contributed by atoms with Crippen LogP contribution in [0.25, 0.3) is 11.0 Å². The largest absolute Gasteiger partial charge is 0.423 e. The van der Waals surface area contributed by atoms with E-state index in [9.17, 15) is 4.79 Å². The molecule has 0 aliphatic carbocycles. The predicted molar refractivity (Wildman–Crippen MR) is 107 cm³/mol. The highest BCUT2D eigenvalue weighted by atomic mass is 32.2. The molecule has 0 amide bonds. The maximum absolute atomic E-state index is 12.0. The summed E-state index contributed by atoms with van der Waals surface area (Å²) in [6.07, 6.45) is 2.63. The zero-order valence-corrected chi connectivity index (χ0v) is 17.0. The molecule has 0 N–H and O–H groups in total. The summed E-state index contributed by atoms with van der Waals surface area (Å²) < 4.78 is 12.6. The summed E-state index contributed by atoms with van der Waals surface area (Å²) in [5.74, 6) is 1.04. The Bertz CT molecular complexity index is 978. The summed E-state index contributed by atoms with van der Waals surface area (Å²) in [4.78, 5) is 12.0. The normalized spacial score (nSPS) is 11.6. The SMILES string of the molecule is COCCCn1cnnc1SCc1cc(=O)oc2cc(C)c(C(C)C)cc12. The number of aryl methyl sites for hydroxylation is 2. The highest BCUT2D eigenvalue weighted by Crippen LogP contribution is 2.30. The quantitative estimate of drug-likeness (QED) is 0.329. The first-order chi connectivity index (χ1) is 13.0. The van der Waals surface area contributed by atoms with Crippen LogP contribution in [-0.2, 0) is 17.0 Å². The minimum Gasteiger partial charge on any atom is -0.423 e. The Labute approximate surface area is 162 Å². The first-order valence-corrected chi connectivity index (χ1v) is 10.0. The molecular weight excluding hydrogens is 362 g/mol. The van der Waals surface area contributed by atoms with Gasteiger partial charge >= 0.3 is 5.63 Å². The third kappa shape index (κ3) is 4.59. The summed E-state index contributed by atoms with van der Waals surface area (Å²) in [6, 6.07) is 5.70. The molecule has 0 radical (unpaired) electrons. The van der Waals surface area contributed by atoms with Crippen molar-refractivity contribution in [3.63, 3.8) is 0 Å². The van der Waals surface area contributed by atoms with E-state index in [2.05, 4.69) is 37.0 Å². The fourth-order valence-electron chi connectivity index (χ4n) is 3.16. The fraction of sp³-hybridized carbons (Fsp3) is 0.450. The Kier molecular flexibility index (Phi) is 6.34. The van der Waals surface area contributed by atoms with Crippen molar-refractivity contribution < 1.29 is 9.15 Å². The van der Waals surface area contributed by atoms with Gasteiger partial charge in [0.25, 0.3) is 0 Å². The lowest BCUT2D eigenvalue weighted by Crippen LogP contribution is -2.04. The number of ether oxygens (including phenoxy) is 1. The molecule has 2 aromatic heterocycles. The highest BCUT2D eigenvalue weighted by molar-refractivity contribution is 7.98. The van der Waals surface area contributed by atoms with Gasteiger partial charge in [-0.2, -0.15) is 0 Å². The van der Waals surface area contributed by atoms with Crippen LogP contribution in [0.1, 0.15) is 42.9 Å². The zero-order valence-electron chi connectivity index (χ0n) is 16.2. The molecule has 7 heteroatoms. The number of thioether (sulfide) groups is 1. The molecule has 0 aliphatic rings. The van der Waals surface area contributed by atoms with Gasteiger partial charge in [0, 0.05) is 37.5 Å². The molecule has 0 unspecified atom stereocenters. The minimum absolute atomic E-state index is 0.323. The molecule has 0 bridgehead atoms. The Morgan fingerprint density at radius 3 is 2.85 bits per heavy atom.